The predicted octanol–water partition coefficient (Wildman–Crippen LogP) is 1.47. The van der Waals surface area contributed by atoms with Gasteiger partial charge in [-0.15, -0.1) is 6.42 Å². The molecule has 0 radical (unpaired) electrons. The van der Waals surface area contributed by atoms with Crippen LogP contribution in [0.5, 0.6) is 0 Å². The van der Waals surface area contributed by atoms with E-state index in [0.29, 0.717) is 18.1 Å². The first-order valence-corrected chi connectivity index (χ1v) is 5.68. The predicted molar refractivity (Wildman–Crippen MR) is 61.2 cm³/mol. The Morgan fingerprint density at radius 2 is 2.29 bits per heavy atom. The van der Waals surface area contributed by atoms with Crippen molar-refractivity contribution in [2.24, 2.45) is 0 Å². The van der Waals surface area contributed by atoms with Crippen molar-refractivity contribution in [2.45, 2.75) is 51.7 Å². The molecule has 2 nitrogen and oxygen atoms in total. The molecule has 0 aromatic carbocycles. The Kier molecular flexibility index (Phi) is 4.44. The lowest BCUT2D eigenvalue weighted by atomic mass is 10.0. The van der Waals surface area contributed by atoms with E-state index in [2.05, 4.69) is 36.9 Å². The summed E-state index contributed by atoms with van der Waals surface area (Å²) < 4.78 is 0. The van der Waals surface area contributed by atoms with Crippen molar-refractivity contribution < 1.29 is 0 Å². The summed E-state index contributed by atoms with van der Waals surface area (Å²) in [6.07, 6.45) is 7.79. The minimum Gasteiger partial charge on any atom is -0.311 e. The Morgan fingerprint density at radius 3 is 2.79 bits per heavy atom. The monoisotopic (exact) mass is 194 g/mol. The van der Waals surface area contributed by atoms with Crippen LogP contribution in [0, 0.1) is 12.3 Å². The van der Waals surface area contributed by atoms with Crippen LogP contribution in [0.4, 0.5) is 0 Å². The lowest BCUT2D eigenvalue weighted by molar-refractivity contribution is 0.112. The van der Waals surface area contributed by atoms with E-state index in [4.69, 9.17) is 6.42 Å². The van der Waals surface area contributed by atoms with Crippen molar-refractivity contribution in [2.75, 3.05) is 13.1 Å². The molecule has 3 atom stereocenters. The van der Waals surface area contributed by atoms with E-state index in [0.717, 1.165) is 19.5 Å². The van der Waals surface area contributed by atoms with Crippen molar-refractivity contribution >= 4 is 0 Å². The normalized spacial score (nSPS) is 31.0. The Hall–Kier alpha value is -0.520. The van der Waals surface area contributed by atoms with Crippen LogP contribution >= 0.6 is 0 Å². The molecule has 1 fully saturated rings. The molecule has 14 heavy (non-hydrogen) atoms. The smallest absolute Gasteiger partial charge is 0.0712 e. The molecule has 0 spiro atoms. The fraction of sp³-hybridized carbons (Fsp3) is 0.833. The standard InChI is InChI=1S/C12H22N2/c1-5-11-9-14(10(4)8-13-11)12(6-2)7-3/h2,10-13H,5,7-9H2,1,3-4H3. The van der Waals surface area contributed by atoms with Gasteiger partial charge in [-0.25, -0.2) is 0 Å². The van der Waals surface area contributed by atoms with Gasteiger partial charge in [0.25, 0.3) is 0 Å². The second-order valence-electron chi connectivity index (χ2n) is 4.15. The van der Waals surface area contributed by atoms with Gasteiger partial charge in [0, 0.05) is 25.2 Å². The third-order valence-electron chi connectivity index (χ3n) is 3.17. The molecule has 0 aromatic rings. The van der Waals surface area contributed by atoms with Gasteiger partial charge < -0.3 is 5.32 Å². The number of nitrogens with one attached hydrogen (secondary N) is 1. The number of rotatable bonds is 3. The maximum absolute atomic E-state index is 5.55. The SMILES string of the molecule is C#CC(CC)N1CC(CC)NCC1C. The second-order valence-corrected chi connectivity index (χ2v) is 4.15. The van der Waals surface area contributed by atoms with Gasteiger partial charge in [-0.05, 0) is 19.8 Å². The zero-order valence-electron chi connectivity index (χ0n) is 9.59. The van der Waals surface area contributed by atoms with Gasteiger partial charge in [-0.1, -0.05) is 19.8 Å². The number of hydrogen-bond donors (Lipinski definition) is 1. The van der Waals surface area contributed by atoms with Gasteiger partial charge in [0.2, 0.25) is 0 Å². The molecule has 2 heteroatoms. The van der Waals surface area contributed by atoms with Gasteiger partial charge in [-0.2, -0.15) is 0 Å². The minimum atomic E-state index is 0.321. The molecule has 1 saturated heterocycles. The van der Waals surface area contributed by atoms with E-state index in [1.54, 1.807) is 0 Å². The third-order valence-corrected chi connectivity index (χ3v) is 3.17. The van der Waals surface area contributed by atoms with Crippen LogP contribution in [0.15, 0.2) is 0 Å². The highest BCUT2D eigenvalue weighted by Gasteiger charge is 2.27. The Bertz CT molecular complexity index is 207. The molecule has 0 aliphatic carbocycles. The molecule has 0 bridgehead atoms. The van der Waals surface area contributed by atoms with E-state index in [1.807, 2.05) is 0 Å². The fourth-order valence-corrected chi connectivity index (χ4v) is 2.11. The zero-order valence-corrected chi connectivity index (χ0v) is 9.59. The lowest BCUT2D eigenvalue weighted by Crippen LogP contribution is -2.57. The maximum atomic E-state index is 5.55. The van der Waals surface area contributed by atoms with Crippen molar-refractivity contribution in [1.29, 1.82) is 0 Å². The number of terminal acetylenes is 1. The second kappa shape index (κ2) is 5.38. The molecule has 1 aliphatic rings. The van der Waals surface area contributed by atoms with Crippen LogP contribution in [0.25, 0.3) is 0 Å². The number of piperazine rings is 1. The van der Waals surface area contributed by atoms with Crippen molar-refractivity contribution in [3.8, 4) is 12.3 Å². The van der Waals surface area contributed by atoms with Crippen LogP contribution in [0.1, 0.15) is 33.6 Å². The first kappa shape index (κ1) is 11.6. The molecule has 1 heterocycles. The third kappa shape index (κ3) is 2.50. The summed E-state index contributed by atoms with van der Waals surface area (Å²) in [5.41, 5.74) is 0. The minimum absolute atomic E-state index is 0.321. The van der Waals surface area contributed by atoms with Gasteiger partial charge in [0.1, 0.15) is 0 Å². The number of hydrogen-bond acceptors (Lipinski definition) is 2. The van der Waals surface area contributed by atoms with E-state index in [-0.39, 0.29) is 0 Å². The highest BCUT2D eigenvalue weighted by Crippen LogP contribution is 2.14. The van der Waals surface area contributed by atoms with Crippen LogP contribution in [0.2, 0.25) is 0 Å². The first-order valence-electron chi connectivity index (χ1n) is 5.68. The molecule has 1 N–H and O–H groups in total. The van der Waals surface area contributed by atoms with E-state index < -0.39 is 0 Å². The molecule has 1 aliphatic heterocycles. The highest BCUT2D eigenvalue weighted by atomic mass is 15.2. The molecule has 0 aromatic heterocycles. The van der Waals surface area contributed by atoms with E-state index in [1.165, 1.54) is 6.42 Å². The summed E-state index contributed by atoms with van der Waals surface area (Å²) in [4.78, 5) is 2.46. The number of nitrogens with zero attached hydrogens (tertiary/aromatic N) is 1. The summed E-state index contributed by atoms with van der Waals surface area (Å²) in [7, 11) is 0. The maximum Gasteiger partial charge on any atom is 0.0712 e. The van der Waals surface area contributed by atoms with Gasteiger partial charge >= 0.3 is 0 Å². The van der Waals surface area contributed by atoms with Crippen LogP contribution in [-0.2, 0) is 0 Å². The summed E-state index contributed by atoms with van der Waals surface area (Å²) in [5, 5.41) is 3.54. The summed E-state index contributed by atoms with van der Waals surface area (Å²) in [5.74, 6) is 2.89. The molecular formula is C12H22N2. The van der Waals surface area contributed by atoms with Crippen LogP contribution < -0.4 is 5.32 Å². The molecule has 80 valence electrons. The fourth-order valence-electron chi connectivity index (χ4n) is 2.11. The molecule has 0 amide bonds. The lowest BCUT2D eigenvalue weighted by Gasteiger charge is -2.41. The quantitative estimate of drug-likeness (QED) is 0.684. The summed E-state index contributed by atoms with van der Waals surface area (Å²) in [6, 6.07) is 1.51. The van der Waals surface area contributed by atoms with Gasteiger partial charge in [0.05, 0.1) is 6.04 Å². The van der Waals surface area contributed by atoms with Crippen LogP contribution in [-0.4, -0.2) is 36.1 Å². The average Bonchev–Trinajstić information content (AvgIpc) is 2.22. The summed E-state index contributed by atoms with van der Waals surface area (Å²) in [6.45, 7) is 8.80. The zero-order chi connectivity index (χ0) is 10.6. The first-order chi connectivity index (χ1) is 6.72. The Balaban J connectivity index is 2.60. The topological polar surface area (TPSA) is 15.3 Å². The van der Waals surface area contributed by atoms with Gasteiger partial charge in [0.15, 0.2) is 0 Å². The van der Waals surface area contributed by atoms with Crippen molar-refractivity contribution in [3.63, 3.8) is 0 Å². The Morgan fingerprint density at radius 1 is 1.57 bits per heavy atom. The van der Waals surface area contributed by atoms with Crippen LogP contribution in [0.3, 0.4) is 0 Å². The van der Waals surface area contributed by atoms with Crippen molar-refractivity contribution in [3.05, 3.63) is 0 Å². The van der Waals surface area contributed by atoms with Crippen molar-refractivity contribution in [1.82, 2.24) is 10.2 Å². The van der Waals surface area contributed by atoms with Gasteiger partial charge in [-0.3, -0.25) is 4.90 Å². The molecule has 0 saturated carbocycles. The van der Waals surface area contributed by atoms with E-state index >= 15 is 0 Å². The molecule has 3 unspecified atom stereocenters. The average molecular weight is 194 g/mol. The Labute approximate surface area is 88.1 Å². The molecule has 1 rings (SSSR count). The highest BCUT2D eigenvalue weighted by molar-refractivity contribution is 5.02. The largest absolute Gasteiger partial charge is 0.311 e. The molecular weight excluding hydrogens is 172 g/mol. The summed E-state index contributed by atoms with van der Waals surface area (Å²) >= 11 is 0. The van der Waals surface area contributed by atoms with E-state index in [9.17, 15) is 0 Å².